The molecule has 34 heavy (non-hydrogen) atoms. The molecule has 7 heteroatoms. The van der Waals surface area contributed by atoms with E-state index in [1.54, 1.807) is 6.08 Å². The van der Waals surface area contributed by atoms with E-state index in [2.05, 4.69) is 12.2 Å². The summed E-state index contributed by atoms with van der Waals surface area (Å²) >= 11 is 0. The van der Waals surface area contributed by atoms with Crippen LogP contribution >= 0.6 is 0 Å². The van der Waals surface area contributed by atoms with E-state index in [0.29, 0.717) is 26.3 Å². The van der Waals surface area contributed by atoms with Crippen LogP contribution in [0.3, 0.4) is 0 Å². The molecule has 2 rings (SSSR count). The maximum absolute atomic E-state index is 12.8. The van der Waals surface area contributed by atoms with Crippen molar-refractivity contribution >= 4 is 23.9 Å². The van der Waals surface area contributed by atoms with Crippen molar-refractivity contribution in [2.45, 2.75) is 77.7 Å². The summed E-state index contributed by atoms with van der Waals surface area (Å²) in [6.45, 7) is 5.80. The van der Waals surface area contributed by atoms with Gasteiger partial charge in [0, 0.05) is 19.2 Å². The molecule has 1 heterocycles. The fourth-order valence-electron chi connectivity index (χ4n) is 3.93. The molecule has 1 saturated heterocycles. The van der Waals surface area contributed by atoms with Gasteiger partial charge < -0.3 is 19.7 Å². The molecule has 0 bridgehead atoms. The molecule has 188 valence electrons. The van der Waals surface area contributed by atoms with E-state index in [9.17, 15) is 14.4 Å². The molecule has 1 atom stereocenters. The van der Waals surface area contributed by atoms with Gasteiger partial charge in [-0.2, -0.15) is 0 Å². The van der Waals surface area contributed by atoms with Gasteiger partial charge in [0.15, 0.2) is 0 Å². The second-order valence-corrected chi connectivity index (χ2v) is 8.57. The number of unbranched alkanes of at least 4 members (excludes halogenated alkanes) is 7. The lowest BCUT2D eigenvalue weighted by atomic mass is 10.1. The van der Waals surface area contributed by atoms with Crippen LogP contribution < -0.4 is 10.1 Å². The highest BCUT2D eigenvalue weighted by atomic mass is 16.5. The van der Waals surface area contributed by atoms with Gasteiger partial charge >= 0.3 is 5.97 Å². The summed E-state index contributed by atoms with van der Waals surface area (Å²) in [6, 6.07) is 6.55. The fourth-order valence-corrected chi connectivity index (χ4v) is 3.93. The minimum Gasteiger partial charge on any atom is -0.494 e. The van der Waals surface area contributed by atoms with Crippen LogP contribution in [0.4, 0.5) is 0 Å². The Hall–Kier alpha value is -2.83. The van der Waals surface area contributed by atoms with Crippen LogP contribution in [-0.4, -0.2) is 55.0 Å². The number of amides is 2. The standard InChI is InChI=1S/C27H40N2O5/c1-3-5-6-7-8-9-10-11-20-34-26(31)21-24-27(32)28-18-19-29(24)25(30)17-14-22-12-15-23(16-13-22)33-4-2/h12-17,24H,3-11,18-21H2,1-2H3,(H,28,32)/b17-14+. The highest BCUT2D eigenvalue weighted by Crippen LogP contribution is 2.15. The van der Waals surface area contributed by atoms with Gasteiger partial charge in [0.25, 0.3) is 0 Å². The highest BCUT2D eigenvalue weighted by molar-refractivity contribution is 5.97. The van der Waals surface area contributed by atoms with Gasteiger partial charge in [-0.25, -0.2) is 0 Å². The molecule has 1 aromatic rings. The Morgan fingerprint density at radius 3 is 2.38 bits per heavy atom. The molecule has 1 fully saturated rings. The van der Waals surface area contributed by atoms with Gasteiger partial charge in [-0.3, -0.25) is 14.4 Å². The summed E-state index contributed by atoms with van der Waals surface area (Å²) in [4.78, 5) is 38.9. The van der Waals surface area contributed by atoms with Crippen LogP contribution in [0.2, 0.25) is 0 Å². The number of hydrogen-bond acceptors (Lipinski definition) is 5. The molecule has 1 aromatic carbocycles. The third-order valence-corrected chi connectivity index (χ3v) is 5.84. The Kier molecular flexibility index (Phi) is 12.8. The van der Waals surface area contributed by atoms with Gasteiger partial charge in [0.05, 0.1) is 19.6 Å². The quantitative estimate of drug-likeness (QED) is 0.231. The van der Waals surface area contributed by atoms with E-state index < -0.39 is 12.0 Å². The van der Waals surface area contributed by atoms with Crippen LogP contribution in [-0.2, 0) is 19.1 Å². The Morgan fingerprint density at radius 1 is 1.03 bits per heavy atom. The number of rotatable bonds is 15. The van der Waals surface area contributed by atoms with Crippen molar-refractivity contribution in [3.63, 3.8) is 0 Å². The fraction of sp³-hybridized carbons (Fsp3) is 0.593. The molecule has 1 aliphatic rings. The lowest BCUT2D eigenvalue weighted by Gasteiger charge is -2.33. The van der Waals surface area contributed by atoms with E-state index in [-0.39, 0.29) is 18.2 Å². The van der Waals surface area contributed by atoms with Crippen LogP contribution in [0, 0.1) is 0 Å². The van der Waals surface area contributed by atoms with Crippen LogP contribution in [0.5, 0.6) is 5.75 Å². The molecule has 1 unspecified atom stereocenters. The first kappa shape index (κ1) is 27.4. The van der Waals surface area contributed by atoms with E-state index in [1.807, 2.05) is 31.2 Å². The molecule has 0 aromatic heterocycles. The molecule has 1 N–H and O–H groups in total. The van der Waals surface area contributed by atoms with Crippen molar-refractivity contribution in [3.05, 3.63) is 35.9 Å². The number of carbonyl (C=O) groups is 3. The average molecular weight is 473 g/mol. The summed E-state index contributed by atoms with van der Waals surface area (Å²) in [5.74, 6) is -0.301. The van der Waals surface area contributed by atoms with Crippen LogP contribution in [0.1, 0.15) is 77.2 Å². The van der Waals surface area contributed by atoms with E-state index in [0.717, 1.165) is 30.6 Å². The molecule has 1 aliphatic heterocycles. The van der Waals surface area contributed by atoms with Gasteiger partial charge in [0.2, 0.25) is 11.8 Å². The molecular formula is C27H40N2O5. The van der Waals surface area contributed by atoms with Crippen molar-refractivity contribution in [2.24, 2.45) is 0 Å². The Bertz CT molecular complexity index is 791. The second-order valence-electron chi connectivity index (χ2n) is 8.57. The number of nitrogens with one attached hydrogen (secondary N) is 1. The number of piperazine rings is 1. The summed E-state index contributed by atoms with van der Waals surface area (Å²) in [5, 5.41) is 2.74. The van der Waals surface area contributed by atoms with E-state index in [1.165, 1.54) is 43.1 Å². The van der Waals surface area contributed by atoms with Crippen LogP contribution in [0.15, 0.2) is 30.3 Å². The first-order chi connectivity index (χ1) is 16.5. The minimum absolute atomic E-state index is 0.133. The normalized spacial score (nSPS) is 15.9. The number of ether oxygens (including phenoxy) is 2. The van der Waals surface area contributed by atoms with Gasteiger partial charge in [-0.15, -0.1) is 0 Å². The first-order valence-corrected chi connectivity index (χ1v) is 12.7. The Balaban J connectivity index is 1.78. The number of hydrogen-bond donors (Lipinski definition) is 1. The second kappa shape index (κ2) is 15.9. The first-order valence-electron chi connectivity index (χ1n) is 12.7. The number of benzene rings is 1. The summed E-state index contributed by atoms with van der Waals surface area (Å²) in [7, 11) is 0. The maximum atomic E-state index is 12.8. The Labute approximate surface area is 203 Å². The van der Waals surface area contributed by atoms with Crippen molar-refractivity contribution in [2.75, 3.05) is 26.3 Å². The lowest BCUT2D eigenvalue weighted by molar-refractivity contribution is -0.150. The highest BCUT2D eigenvalue weighted by Gasteiger charge is 2.34. The maximum Gasteiger partial charge on any atom is 0.308 e. The zero-order valence-corrected chi connectivity index (χ0v) is 20.7. The molecule has 0 aliphatic carbocycles. The number of nitrogens with zero attached hydrogens (tertiary/aromatic N) is 1. The summed E-state index contributed by atoms with van der Waals surface area (Å²) in [6.07, 6.45) is 12.3. The molecule has 0 spiro atoms. The van der Waals surface area contributed by atoms with Crippen molar-refractivity contribution in [3.8, 4) is 5.75 Å². The molecule has 0 saturated carbocycles. The van der Waals surface area contributed by atoms with Crippen LogP contribution in [0.25, 0.3) is 6.08 Å². The van der Waals surface area contributed by atoms with E-state index >= 15 is 0 Å². The number of carbonyl (C=O) groups excluding carboxylic acids is 3. The van der Waals surface area contributed by atoms with Crippen molar-refractivity contribution in [1.82, 2.24) is 10.2 Å². The third kappa shape index (κ3) is 9.98. The Morgan fingerprint density at radius 2 is 1.71 bits per heavy atom. The monoisotopic (exact) mass is 472 g/mol. The van der Waals surface area contributed by atoms with Gasteiger partial charge in [-0.1, -0.05) is 64.0 Å². The topological polar surface area (TPSA) is 84.9 Å². The van der Waals surface area contributed by atoms with Gasteiger partial charge in [-0.05, 0) is 37.1 Å². The summed E-state index contributed by atoms with van der Waals surface area (Å²) < 4.78 is 10.8. The predicted octanol–water partition coefficient (Wildman–Crippen LogP) is 4.50. The van der Waals surface area contributed by atoms with Gasteiger partial charge in [0.1, 0.15) is 11.8 Å². The number of esters is 1. The zero-order chi connectivity index (χ0) is 24.6. The molecular weight excluding hydrogens is 432 g/mol. The van der Waals surface area contributed by atoms with Crippen molar-refractivity contribution < 1.29 is 23.9 Å². The zero-order valence-electron chi connectivity index (χ0n) is 20.7. The third-order valence-electron chi connectivity index (χ3n) is 5.84. The largest absolute Gasteiger partial charge is 0.494 e. The molecule has 2 amide bonds. The smallest absolute Gasteiger partial charge is 0.308 e. The van der Waals surface area contributed by atoms with E-state index in [4.69, 9.17) is 9.47 Å². The van der Waals surface area contributed by atoms with Crippen molar-refractivity contribution in [1.29, 1.82) is 0 Å². The average Bonchev–Trinajstić information content (AvgIpc) is 2.84. The summed E-state index contributed by atoms with van der Waals surface area (Å²) in [5.41, 5.74) is 0.847. The minimum atomic E-state index is -0.850. The predicted molar refractivity (Wildman–Crippen MR) is 133 cm³/mol. The molecule has 7 nitrogen and oxygen atoms in total. The lowest BCUT2D eigenvalue weighted by Crippen LogP contribution is -2.57. The SMILES string of the molecule is CCCCCCCCCCOC(=O)CC1C(=O)NCCN1C(=O)/C=C/c1ccc(OCC)cc1. The molecule has 0 radical (unpaired) electrons.